The lowest BCUT2D eigenvalue weighted by atomic mass is 10.1. The van der Waals surface area contributed by atoms with E-state index >= 15 is 0 Å². The van der Waals surface area contributed by atoms with Gasteiger partial charge in [0.2, 0.25) is 0 Å². The van der Waals surface area contributed by atoms with Gasteiger partial charge in [-0.3, -0.25) is 10.1 Å². The van der Waals surface area contributed by atoms with Crippen LogP contribution in [0.2, 0.25) is 0 Å². The first-order valence-electron chi connectivity index (χ1n) is 8.73. The lowest BCUT2D eigenvalue weighted by Gasteiger charge is -2.14. The number of aromatic nitrogens is 3. The van der Waals surface area contributed by atoms with Crippen molar-refractivity contribution in [2.45, 2.75) is 13.0 Å². The van der Waals surface area contributed by atoms with Crippen LogP contribution in [0.5, 0.6) is 17.2 Å². The first-order valence-corrected chi connectivity index (χ1v) is 8.73. The smallest absolute Gasteiger partial charge is 0.138 e. The van der Waals surface area contributed by atoms with E-state index in [4.69, 9.17) is 9.47 Å². The summed E-state index contributed by atoms with van der Waals surface area (Å²) in [5.74, 6) is 2.30. The monoisotopic (exact) mass is 357 g/mol. The van der Waals surface area contributed by atoms with E-state index in [1.807, 2.05) is 79.7 Å². The summed E-state index contributed by atoms with van der Waals surface area (Å²) in [4.78, 5) is 4.32. The van der Waals surface area contributed by atoms with Crippen LogP contribution in [0.25, 0.3) is 11.3 Å². The molecule has 0 aliphatic rings. The highest BCUT2D eigenvalue weighted by Gasteiger charge is 2.08. The Labute approximate surface area is 157 Å². The molecule has 0 saturated heterocycles. The molecule has 5 heteroatoms. The molecular formula is C22H19N3O2. The Hall–Kier alpha value is -3.60. The zero-order chi connectivity index (χ0) is 18.5. The highest BCUT2D eigenvalue weighted by atomic mass is 16.5. The van der Waals surface area contributed by atoms with Gasteiger partial charge in [0, 0.05) is 12.4 Å². The fraction of sp³-hybridized carbons (Fsp3) is 0.0909. The molecule has 0 amide bonds. The summed E-state index contributed by atoms with van der Waals surface area (Å²) >= 11 is 0. The van der Waals surface area contributed by atoms with Gasteiger partial charge in [-0.25, -0.2) is 0 Å². The van der Waals surface area contributed by atoms with Crippen LogP contribution in [0, 0.1) is 0 Å². The van der Waals surface area contributed by atoms with Crippen molar-refractivity contribution >= 4 is 0 Å². The maximum Gasteiger partial charge on any atom is 0.138 e. The number of aromatic amines is 1. The largest absolute Gasteiger partial charge is 0.484 e. The average molecular weight is 357 g/mol. The lowest BCUT2D eigenvalue weighted by molar-refractivity contribution is 0.221. The predicted molar refractivity (Wildman–Crippen MR) is 104 cm³/mol. The summed E-state index contributed by atoms with van der Waals surface area (Å²) < 4.78 is 11.8. The zero-order valence-electron chi connectivity index (χ0n) is 14.9. The number of nitrogens with one attached hydrogen (secondary N) is 1. The van der Waals surface area contributed by atoms with Crippen LogP contribution in [0.4, 0.5) is 0 Å². The van der Waals surface area contributed by atoms with Crippen molar-refractivity contribution in [2.24, 2.45) is 0 Å². The molecule has 5 nitrogen and oxygen atoms in total. The number of nitrogens with zero attached hydrogens (tertiary/aromatic N) is 2. The number of hydrogen-bond acceptors (Lipinski definition) is 4. The number of benzene rings is 2. The predicted octanol–water partition coefficient (Wildman–Crippen LogP) is 5.40. The molecule has 0 saturated carbocycles. The first kappa shape index (κ1) is 16.8. The maximum absolute atomic E-state index is 5.94. The van der Waals surface area contributed by atoms with E-state index in [1.54, 1.807) is 12.4 Å². The minimum Gasteiger partial charge on any atom is -0.484 e. The zero-order valence-corrected chi connectivity index (χ0v) is 14.9. The maximum atomic E-state index is 5.94. The van der Waals surface area contributed by atoms with E-state index in [-0.39, 0.29) is 6.10 Å². The molecule has 2 aromatic carbocycles. The van der Waals surface area contributed by atoms with E-state index in [0.29, 0.717) is 0 Å². The van der Waals surface area contributed by atoms with Gasteiger partial charge in [-0.2, -0.15) is 5.10 Å². The van der Waals surface area contributed by atoms with Crippen molar-refractivity contribution in [1.82, 2.24) is 15.2 Å². The molecule has 4 rings (SSSR count). The third-order valence-electron chi connectivity index (χ3n) is 4.14. The first-order chi connectivity index (χ1) is 13.3. The van der Waals surface area contributed by atoms with E-state index in [9.17, 15) is 0 Å². The molecular weight excluding hydrogens is 338 g/mol. The van der Waals surface area contributed by atoms with Crippen molar-refractivity contribution in [1.29, 1.82) is 0 Å². The molecule has 0 aliphatic carbocycles. The van der Waals surface area contributed by atoms with Crippen LogP contribution in [-0.4, -0.2) is 15.2 Å². The summed E-state index contributed by atoms with van der Waals surface area (Å²) in [5.41, 5.74) is 2.94. The van der Waals surface area contributed by atoms with Crippen molar-refractivity contribution in [3.63, 3.8) is 0 Å². The Morgan fingerprint density at radius 2 is 1.48 bits per heavy atom. The molecule has 4 aromatic rings. The average Bonchev–Trinajstić information content (AvgIpc) is 3.26. The van der Waals surface area contributed by atoms with E-state index in [0.717, 1.165) is 34.2 Å². The summed E-state index contributed by atoms with van der Waals surface area (Å²) in [6.07, 6.45) is 3.38. The van der Waals surface area contributed by atoms with Crippen LogP contribution in [0.15, 0.2) is 85.2 Å². The van der Waals surface area contributed by atoms with Gasteiger partial charge in [-0.05, 0) is 79.2 Å². The van der Waals surface area contributed by atoms with Crippen molar-refractivity contribution in [3.05, 3.63) is 90.9 Å². The molecule has 0 unspecified atom stereocenters. The van der Waals surface area contributed by atoms with Crippen LogP contribution in [-0.2, 0) is 0 Å². The molecule has 0 aliphatic heterocycles. The third-order valence-corrected chi connectivity index (χ3v) is 4.14. The van der Waals surface area contributed by atoms with Gasteiger partial charge in [-0.1, -0.05) is 6.07 Å². The van der Waals surface area contributed by atoms with Crippen molar-refractivity contribution in [2.75, 3.05) is 0 Å². The fourth-order valence-corrected chi connectivity index (χ4v) is 2.72. The number of H-pyrrole nitrogens is 1. The minimum absolute atomic E-state index is 0.118. The van der Waals surface area contributed by atoms with E-state index < -0.39 is 0 Å². The fourth-order valence-electron chi connectivity index (χ4n) is 2.72. The molecule has 134 valence electrons. The molecule has 0 fully saturated rings. The van der Waals surface area contributed by atoms with Gasteiger partial charge < -0.3 is 9.47 Å². The van der Waals surface area contributed by atoms with Crippen LogP contribution < -0.4 is 9.47 Å². The number of pyridine rings is 1. The van der Waals surface area contributed by atoms with Gasteiger partial charge in [0.1, 0.15) is 23.4 Å². The highest BCUT2D eigenvalue weighted by molar-refractivity contribution is 5.59. The molecule has 2 aromatic heterocycles. The molecule has 0 bridgehead atoms. The second-order valence-corrected chi connectivity index (χ2v) is 6.08. The Balaban J connectivity index is 1.39. The third kappa shape index (κ3) is 4.15. The Kier molecular flexibility index (Phi) is 4.83. The van der Waals surface area contributed by atoms with Crippen LogP contribution in [0.1, 0.15) is 18.7 Å². The lowest BCUT2D eigenvalue weighted by Crippen LogP contribution is -2.04. The van der Waals surface area contributed by atoms with Crippen molar-refractivity contribution < 1.29 is 9.47 Å². The number of hydrogen-bond donors (Lipinski definition) is 1. The summed E-state index contributed by atoms with van der Waals surface area (Å²) in [5, 5.41) is 6.91. The van der Waals surface area contributed by atoms with Gasteiger partial charge in [0.25, 0.3) is 0 Å². The second kappa shape index (κ2) is 7.74. The number of ether oxygens (including phenoxy) is 2. The summed E-state index contributed by atoms with van der Waals surface area (Å²) in [6, 6.07) is 23.2. The van der Waals surface area contributed by atoms with E-state index in [1.165, 1.54) is 0 Å². The van der Waals surface area contributed by atoms with Gasteiger partial charge in [-0.15, -0.1) is 0 Å². The van der Waals surface area contributed by atoms with Gasteiger partial charge in [0.15, 0.2) is 0 Å². The van der Waals surface area contributed by atoms with Crippen LogP contribution in [0.3, 0.4) is 0 Å². The molecule has 0 spiro atoms. The van der Waals surface area contributed by atoms with Gasteiger partial charge in [0.05, 0.1) is 11.4 Å². The standard InChI is InChI=1S/C22H19N3O2/c1-16(21-4-2-3-14-23-21)26-18-9-11-20(12-10-18)27-19-7-5-17(6-8-19)22-13-15-24-25-22/h2-16H,1H3,(H,24,25)/t16-/m1/s1. The second-order valence-electron chi connectivity index (χ2n) is 6.08. The van der Waals surface area contributed by atoms with Crippen molar-refractivity contribution in [3.8, 4) is 28.5 Å². The summed E-state index contributed by atoms with van der Waals surface area (Å²) in [7, 11) is 0. The quantitative estimate of drug-likeness (QED) is 0.502. The Morgan fingerprint density at radius 3 is 2.11 bits per heavy atom. The summed E-state index contributed by atoms with van der Waals surface area (Å²) in [6.45, 7) is 1.98. The number of rotatable bonds is 6. The Morgan fingerprint density at radius 1 is 0.778 bits per heavy atom. The molecule has 2 heterocycles. The van der Waals surface area contributed by atoms with Crippen LogP contribution >= 0.6 is 0 Å². The molecule has 27 heavy (non-hydrogen) atoms. The highest BCUT2D eigenvalue weighted by Crippen LogP contribution is 2.27. The van der Waals surface area contributed by atoms with E-state index in [2.05, 4.69) is 15.2 Å². The normalized spacial score (nSPS) is 11.7. The molecule has 1 N–H and O–H groups in total. The minimum atomic E-state index is -0.118. The molecule has 1 atom stereocenters. The molecule has 0 radical (unpaired) electrons. The van der Waals surface area contributed by atoms with Gasteiger partial charge >= 0.3 is 0 Å². The SMILES string of the molecule is C[C@@H](Oc1ccc(Oc2ccc(-c3ccn[nH]3)cc2)cc1)c1ccccn1. The topological polar surface area (TPSA) is 60.0 Å². The Bertz CT molecular complexity index is 967.